The molecular weight excluding hydrogens is 442 g/mol. The van der Waals surface area contributed by atoms with Gasteiger partial charge in [-0.3, -0.25) is 4.79 Å². The van der Waals surface area contributed by atoms with Gasteiger partial charge >= 0.3 is 5.91 Å². The number of amides is 1. The number of benzene rings is 3. The fourth-order valence-corrected chi connectivity index (χ4v) is 3.61. The van der Waals surface area contributed by atoms with E-state index in [9.17, 15) is 9.90 Å². The molecule has 180 valence electrons. The van der Waals surface area contributed by atoms with Crippen molar-refractivity contribution in [1.82, 2.24) is 4.57 Å². The lowest BCUT2D eigenvalue weighted by Gasteiger charge is -2.10. The molecule has 35 heavy (non-hydrogen) atoms. The third-order valence-electron chi connectivity index (χ3n) is 5.51. The lowest BCUT2D eigenvalue weighted by molar-refractivity contribution is -0.120. The number of rotatable bonds is 10. The summed E-state index contributed by atoms with van der Waals surface area (Å²) in [6.07, 6.45) is 1.00. The average Bonchev–Trinajstić information content (AvgIpc) is 3.13. The molecule has 0 bridgehead atoms. The Morgan fingerprint density at radius 3 is 2.34 bits per heavy atom. The lowest BCUT2D eigenvalue weighted by Crippen LogP contribution is -2.07. The van der Waals surface area contributed by atoms with Crippen molar-refractivity contribution in [3.8, 4) is 17.4 Å². The van der Waals surface area contributed by atoms with E-state index in [1.165, 1.54) is 0 Å². The maximum atomic E-state index is 12.2. The number of fused-ring (bicyclic) bond motifs is 1. The van der Waals surface area contributed by atoms with Crippen LogP contribution < -0.4 is 9.47 Å². The summed E-state index contributed by atoms with van der Waals surface area (Å²) in [7, 11) is 0. The van der Waals surface area contributed by atoms with Crippen molar-refractivity contribution in [2.75, 3.05) is 13.2 Å². The Bertz CT molecular complexity index is 1300. The summed E-state index contributed by atoms with van der Waals surface area (Å²) < 4.78 is 13.0. The van der Waals surface area contributed by atoms with Gasteiger partial charge in [0.15, 0.2) is 12.3 Å². The number of aromatic hydroxyl groups is 1. The van der Waals surface area contributed by atoms with Crippen molar-refractivity contribution < 1.29 is 19.4 Å². The number of para-hydroxylation sites is 2. The third kappa shape index (κ3) is 6.26. The number of nitrogens with zero attached hydrogens (tertiary/aromatic N) is 3. The highest BCUT2D eigenvalue weighted by Crippen LogP contribution is 2.39. The molecule has 3 aromatic carbocycles. The van der Waals surface area contributed by atoms with Crippen LogP contribution in [0.2, 0.25) is 0 Å². The summed E-state index contributed by atoms with van der Waals surface area (Å²) in [6.45, 7) is 5.21. The largest absolute Gasteiger partial charge is 0.494 e. The molecule has 0 spiro atoms. The number of hydrogen-bond acceptors (Lipinski definition) is 5. The van der Waals surface area contributed by atoms with Gasteiger partial charge in [-0.25, -0.2) is 0 Å². The summed E-state index contributed by atoms with van der Waals surface area (Å²) in [4.78, 5) is 12.2. The SMILES string of the molecule is CC(C)CCOc1ccc(Cn2c(O)c(N=NC(=O)COc3ccccc3)c3ccccc32)cc1. The maximum Gasteiger partial charge on any atom is 0.302 e. The Morgan fingerprint density at radius 2 is 1.60 bits per heavy atom. The molecule has 4 rings (SSSR count). The van der Waals surface area contributed by atoms with Crippen LogP contribution in [0.3, 0.4) is 0 Å². The first-order valence-electron chi connectivity index (χ1n) is 11.7. The third-order valence-corrected chi connectivity index (χ3v) is 5.51. The fourth-order valence-electron chi connectivity index (χ4n) is 3.61. The number of hydrogen-bond donors (Lipinski definition) is 1. The van der Waals surface area contributed by atoms with Gasteiger partial charge in [0.05, 0.1) is 18.7 Å². The highest BCUT2D eigenvalue weighted by atomic mass is 16.5. The van der Waals surface area contributed by atoms with Crippen LogP contribution >= 0.6 is 0 Å². The van der Waals surface area contributed by atoms with Crippen LogP contribution in [0.15, 0.2) is 89.1 Å². The zero-order chi connectivity index (χ0) is 24.6. The summed E-state index contributed by atoms with van der Waals surface area (Å²) in [5.41, 5.74) is 2.04. The molecule has 1 aromatic heterocycles. The van der Waals surface area contributed by atoms with Gasteiger partial charge < -0.3 is 19.1 Å². The summed E-state index contributed by atoms with van der Waals surface area (Å²) in [6, 6.07) is 24.3. The second kappa shape index (κ2) is 11.3. The predicted octanol–water partition coefficient (Wildman–Crippen LogP) is 6.51. The first-order chi connectivity index (χ1) is 17.0. The van der Waals surface area contributed by atoms with E-state index in [1.807, 2.05) is 66.7 Å². The molecule has 0 atom stereocenters. The molecule has 0 radical (unpaired) electrons. The highest BCUT2D eigenvalue weighted by molar-refractivity contribution is 5.95. The van der Waals surface area contributed by atoms with E-state index in [-0.39, 0.29) is 18.2 Å². The van der Waals surface area contributed by atoms with E-state index >= 15 is 0 Å². The topological polar surface area (TPSA) is 85.4 Å². The van der Waals surface area contributed by atoms with E-state index in [2.05, 4.69) is 24.1 Å². The number of azo groups is 1. The smallest absolute Gasteiger partial charge is 0.302 e. The molecule has 1 amide bonds. The predicted molar refractivity (Wildman–Crippen MR) is 136 cm³/mol. The quantitative estimate of drug-likeness (QED) is 0.267. The minimum absolute atomic E-state index is 0.0519. The van der Waals surface area contributed by atoms with Gasteiger partial charge in [0.25, 0.3) is 0 Å². The number of ether oxygens (including phenoxy) is 2. The van der Waals surface area contributed by atoms with Crippen LogP contribution in [0.1, 0.15) is 25.8 Å². The van der Waals surface area contributed by atoms with Gasteiger partial charge in [-0.05, 0) is 48.2 Å². The van der Waals surface area contributed by atoms with Gasteiger partial charge in [-0.1, -0.05) is 62.4 Å². The van der Waals surface area contributed by atoms with Gasteiger partial charge in [-0.2, -0.15) is 0 Å². The number of carbonyl (C=O) groups is 1. The maximum absolute atomic E-state index is 12.2. The second-order valence-electron chi connectivity index (χ2n) is 8.65. The fraction of sp³-hybridized carbons (Fsp3) is 0.250. The van der Waals surface area contributed by atoms with Crippen molar-refractivity contribution in [3.05, 3.63) is 84.4 Å². The average molecular weight is 472 g/mol. The Labute approximate surface area is 204 Å². The molecule has 1 heterocycles. The lowest BCUT2D eigenvalue weighted by atomic mass is 10.1. The first kappa shape index (κ1) is 24.0. The molecule has 0 unspecified atom stereocenters. The van der Waals surface area contributed by atoms with Gasteiger partial charge in [0.2, 0.25) is 5.88 Å². The highest BCUT2D eigenvalue weighted by Gasteiger charge is 2.17. The van der Waals surface area contributed by atoms with Crippen LogP contribution in [-0.4, -0.2) is 28.8 Å². The van der Waals surface area contributed by atoms with Crippen molar-refractivity contribution in [3.63, 3.8) is 0 Å². The standard InChI is InChI=1S/C28H29N3O4/c1-20(2)16-17-34-23-14-12-21(13-15-23)18-31-25-11-7-6-10-24(25)27(28(31)33)30-29-26(32)19-35-22-8-4-3-5-9-22/h3-15,20,33H,16-19H2,1-2H3. The monoisotopic (exact) mass is 471 g/mol. The van der Waals surface area contributed by atoms with Crippen molar-refractivity contribution in [1.29, 1.82) is 0 Å². The molecule has 7 heteroatoms. The van der Waals surface area contributed by atoms with E-state index in [0.29, 0.717) is 30.2 Å². The Kier molecular flexibility index (Phi) is 7.77. The van der Waals surface area contributed by atoms with Gasteiger partial charge in [-0.15, -0.1) is 10.2 Å². The van der Waals surface area contributed by atoms with E-state index < -0.39 is 5.91 Å². The Hall–Kier alpha value is -4.13. The van der Waals surface area contributed by atoms with E-state index in [4.69, 9.17) is 9.47 Å². The van der Waals surface area contributed by atoms with E-state index in [0.717, 1.165) is 23.3 Å². The normalized spacial score (nSPS) is 11.4. The molecule has 0 fully saturated rings. The molecule has 0 aliphatic heterocycles. The molecule has 0 saturated heterocycles. The van der Waals surface area contributed by atoms with Gasteiger partial charge in [0, 0.05) is 5.39 Å². The molecule has 4 aromatic rings. The molecule has 0 aliphatic carbocycles. The second-order valence-corrected chi connectivity index (χ2v) is 8.65. The molecule has 7 nitrogen and oxygen atoms in total. The zero-order valence-electron chi connectivity index (χ0n) is 19.9. The van der Waals surface area contributed by atoms with Crippen molar-refractivity contribution in [2.24, 2.45) is 16.1 Å². The molecule has 1 N–H and O–H groups in total. The molecule has 0 saturated carbocycles. The minimum atomic E-state index is -0.543. The van der Waals surface area contributed by atoms with Crippen LogP contribution in [0.25, 0.3) is 10.9 Å². The van der Waals surface area contributed by atoms with Crippen LogP contribution in [-0.2, 0) is 11.3 Å². The van der Waals surface area contributed by atoms with Crippen molar-refractivity contribution in [2.45, 2.75) is 26.8 Å². The van der Waals surface area contributed by atoms with Crippen LogP contribution in [0.5, 0.6) is 17.4 Å². The first-order valence-corrected chi connectivity index (χ1v) is 11.7. The number of carbonyl (C=O) groups excluding carboxylic acids is 1. The summed E-state index contributed by atoms with van der Waals surface area (Å²) in [5, 5.41) is 19.5. The Balaban J connectivity index is 1.48. The molecule has 0 aliphatic rings. The number of aromatic nitrogens is 1. The minimum Gasteiger partial charge on any atom is -0.494 e. The summed E-state index contributed by atoms with van der Waals surface area (Å²) >= 11 is 0. The van der Waals surface area contributed by atoms with Crippen molar-refractivity contribution >= 4 is 22.5 Å². The summed E-state index contributed by atoms with van der Waals surface area (Å²) in [5.74, 6) is 1.40. The molecular formula is C28H29N3O4. The van der Waals surface area contributed by atoms with Crippen LogP contribution in [0, 0.1) is 5.92 Å². The van der Waals surface area contributed by atoms with E-state index in [1.54, 1.807) is 16.7 Å². The van der Waals surface area contributed by atoms with Crippen LogP contribution in [0.4, 0.5) is 5.69 Å². The zero-order valence-corrected chi connectivity index (χ0v) is 19.9. The van der Waals surface area contributed by atoms with Gasteiger partial charge in [0.1, 0.15) is 11.5 Å². The Morgan fingerprint density at radius 1 is 0.914 bits per heavy atom.